The highest BCUT2D eigenvalue weighted by Crippen LogP contribution is 2.28. The number of aromatic nitrogens is 1. The minimum atomic E-state index is -0.534. The molecular formula is C9H12N4O4S. The Labute approximate surface area is 107 Å². The van der Waals surface area contributed by atoms with Crippen molar-refractivity contribution in [1.82, 2.24) is 4.98 Å². The van der Waals surface area contributed by atoms with Crippen molar-refractivity contribution in [2.24, 2.45) is 5.84 Å². The van der Waals surface area contributed by atoms with E-state index in [4.69, 9.17) is 5.84 Å². The number of thioether (sulfide) groups is 1. The molecule has 0 aliphatic rings. The lowest BCUT2D eigenvalue weighted by Gasteiger charge is -2.04. The fourth-order valence-corrected chi connectivity index (χ4v) is 2.01. The number of nitrogens with one attached hydrogen (secondary N) is 1. The summed E-state index contributed by atoms with van der Waals surface area (Å²) >= 11 is 1.10. The van der Waals surface area contributed by atoms with Crippen molar-refractivity contribution in [3.63, 3.8) is 0 Å². The van der Waals surface area contributed by atoms with E-state index >= 15 is 0 Å². The third kappa shape index (κ3) is 3.86. The van der Waals surface area contributed by atoms with Gasteiger partial charge >= 0.3 is 11.7 Å². The number of nitro groups is 1. The van der Waals surface area contributed by atoms with E-state index in [1.54, 1.807) is 0 Å². The Hall–Kier alpha value is -1.87. The van der Waals surface area contributed by atoms with Crippen molar-refractivity contribution in [2.45, 2.75) is 11.4 Å². The number of hydrazine groups is 1. The smallest absolute Gasteiger partial charge is 0.306 e. The first kappa shape index (κ1) is 14.2. The predicted octanol–water partition coefficient (Wildman–Crippen LogP) is 0.931. The minimum Gasteiger partial charge on any atom is -0.469 e. The SMILES string of the molecule is COC(=O)CCSc1nc(NN)ccc1[N+](=O)[O-]. The zero-order valence-corrected chi connectivity index (χ0v) is 10.4. The molecule has 3 N–H and O–H groups in total. The molecule has 0 amide bonds. The summed E-state index contributed by atoms with van der Waals surface area (Å²) in [5, 5.41) is 11.0. The van der Waals surface area contributed by atoms with Crippen LogP contribution in [0.1, 0.15) is 6.42 Å². The number of carbonyl (C=O) groups excluding carboxylic acids is 1. The largest absolute Gasteiger partial charge is 0.469 e. The molecule has 1 aromatic rings. The summed E-state index contributed by atoms with van der Waals surface area (Å²) in [5.74, 6) is 5.46. The molecule has 9 heteroatoms. The van der Waals surface area contributed by atoms with Gasteiger partial charge in [0.25, 0.3) is 0 Å². The van der Waals surface area contributed by atoms with Crippen molar-refractivity contribution in [3.8, 4) is 0 Å². The second-order valence-electron chi connectivity index (χ2n) is 3.10. The molecule has 0 saturated heterocycles. The quantitative estimate of drug-likeness (QED) is 0.258. The second-order valence-corrected chi connectivity index (χ2v) is 4.18. The number of methoxy groups -OCH3 is 1. The Bertz CT molecular complexity index is 454. The molecule has 1 heterocycles. The maximum atomic E-state index is 10.9. The molecule has 18 heavy (non-hydrogen) atoms. The summed E-state index contributed by atoms with van der Waals surface area (Å²) in [4.78, 5) is 25.1. The van der Waals surface area contributed by atoms with Gasteiger partial charge < -0.3 is 10.2 Å². The predicted molar refractivity (Wildman–Crippen MR) is 66.1 cm³/mol. The van der Waals surface area contributed by atoms with E-state index in [1.807, 2.05) is 0 Å². The van der Waals surface area contributed by atoms with E-state index < -0.39 is 4.92 Å². The zero-order valence-electron chi connectivity index (χ0n) is 9.58. The molecule has 0 aliphatic heterocycles. The van der Waals surface area contributed by atoms with Crippen LogP contribution >= 0.6 is 11.8 Å². The number of pyridine rings is 1. The van der Waals surface area contributed by atoms with Crippen LogP contribution in [0.2, 0.25) is 0 Å². The highest BCUT2D eigenvalue weighted by Gasteiger charge is 2.16. The summed E-state index contributed by atoms with van der Waals surface area (Å²) in [7, 11) is 1.28. The molecule has 1 aromatic heterocycles. The maximum absolute atomic E-state index is 10.9. The molecule has 0 aromatic carbocycles. The van der Waals surface area contributed by atoms with Crippen LogP contribution in [0.15, 0.2) is 17.2 Å². The lowest BCUT2D eigenvalue weighted by Crippen LogP contribution is -2.09. The number of ether oxygens (including phenoxy) is 1. The number of anilines is 1. The van der Waals surface area contributed by atoms with Crippen molar-refractivity contribution in [1.29, 1.82) is 0 Å². The van der Waals surface area contributed by atoms with Gasteiger partial charge in [0.15, 0.2) is 5.03 Å². The molecule has 0 fully saturated rings. The van der Waals surface area contributed by atoms with Gasteiger partial charge in [-0.3, -0.25) is 14.9 Å². The number of rotatable bonds is 6. The van der Waals surface area contributed by atoms with Gasteiger partial charge in [-0.1, -0.05) is 11.8 Å². The first-order valence-corrected chi connectivity index (χ1v) is 5.88. The van der Waals surface area contributed by atoms with E-state index in [2.05, 4.69) is 15.1 Å². The van der Waals surface area contributed by atoms with Gasteiger partial charge in [-0.15, -0.1) is 0 Å². The first-order valence-electron chi connectivity index (χ1n) is 4.90. The van der Waals surface area contributed by atoms with Crippen LogP contribution < -0.4 is 11.3 Å². The van der Waals surface area contributed by atoms with Gasteiger partial charge in [0.1, 0.15) is 5.82 Å². The van der Waals surface area contributed by atoms with Gasteiger partial charge in [-0.05, 0) is 6.07 Å². The summed E-state index contributed by atoms with van der Waals surface area (Å²) < 4.78 is 4.47. The van der Waals surface area contributed by atoms with E-state index in [0.29, 0.717) is 11.6 Å². The number of esters is 1. The number of hydrogen-bond acceptors (Lipinski definition) is 8. The second kappa shape index (κ2) is 6.77. The molecule has 1 rings (SSSR count). The van der Waals surface area contributed by atoms with E-state index in [-0.39, 0.29) is 23.1 Å². The monoisotopic (exact) mass is 272 g/mol. The number of nitrogens with zero attached hydrogens (tertiary/aromatic N) is 2. The highest BCUT2D eigenvalue weighted by atomic mass is 32.2. The lowest BCUT2D eigenvalue weighted by atomic mass is 10.4. The Kier molecular flexibility index (Phi) is 5.33. The van der Waals surface area contributed by atoms with Crippen LogP contribution in [0.25, 0.3) is 0 Å². The molecule has 0 bridgehead atoms. The van der Waals surface area contributed by atoms with E-state index in [9.17, 15) is 14.9 Å². The summed E-state index contributed by atoms with van der Waals surface area (Å²) in [6, 6.07) is 2.71. The van der Waals surface area contributed by atoms with Crippen LogP contribution in [0.5, 0.6) is 0 Å². The Morgan fingerprint density at radius 2 is 2.39 bits per heavy atom. The topological polar surface area (TPSA) is 120 Å². The van der Waals surface area contributed by atoms with Gasteiger partial charge in [0.2, 0.25) is 0 Å². The third-order valence-electron chi connectivity index (χ3n) is 1.96. The van der Waals surface area contributed by atoms with E-state index in [0.717, 1.165) is 11.8 Å². The molecule has 8 nitrogen and oxygen atoms in total. The van der Waals surface area contributed by atoms with Gasteiger partial charge in [-0.25, -0.2) is 10.8 Å². The Balaban J connectivity index is 2.78. The fourth-order valence-electron chi connectivity index (χ4n) is 1.09. The molecule has 0 atom stereocenters. The van der Waals surface area contributed by atoms with E-state index in [1.165, 1.54) is 19.2 Å². The molecule has 0 unspecified atom stereocenters. The minimum absolute atomic E-state index is 0.121. The normalized spacial score (nSPS) is 9.89. The molecule has 98 valence electrons. The summed E-state index contributed by atoms with van der Waals surface area (Å²) in [5.41, 5.74) is 2.18. The van der Waals surface area contributed by atoms with Gasteiger partial charge in [-0.2, -0.15) is 0 Å². The average Bonchev–Trinajstić information content (AvgIpc) is 2.37. The number of hydrogen-bond donors (Lipinski definition) is 2. The molecule has 0 aliphatic carbocycles. The standard InChI is InChI=1S/C9H12N4O4S/c1-17-8(14)4-5-18-9-6(13(15)16)2-3-7(11-9)12-10/h2-3H,4-5,10H2,1H3,(H,11,12). The van der Waals surface area contributed by atoms with Crippen molar-refractivity contribution in [3.05, 3.63) is 22.2 Å². The van der Waals surface area contributed by atoms with Crippen molar-refractivity contribution >= 4 is 29.2 Å². The van der Waals surface area contributed by atoms with Crippen LogP contribution in [0, 0.1) is 10.1 Å². The molecule has 0 spiro atoms. The van der Waals surface area contributed by atoms with Gasteiger partial charge in [0.05, 0.1) is 18.5 Å². The average molecular weight is 272 g/mol. The molecule has 0 saturated carbocycles. The van der Waals surface area contributed by atoms with Crippen LogP contribution in [-0.4, -0.2) is 28.7 Å². The van der Waals surface area contributed by atoms with Crippen LogP contribution in [-0.2, 0) is 9.53 Å². The first-order chi connectivity index (χ1) is 8.58. The van der Waals surface area contributed by atoms with Crippen molar-refractivity contribution < 1.29 is 14.5 Å². The molecule has 0 radical (unpaired) electrons. The van der Waals surface area contributed by atoms with Gasteiger partial charge in [0, 0.05) is 11.8 Å². The lowest BCUT2D eigenvalue weighted by molar-refractivity contribution is -0.388. The summed E-state index contributed by atoms with van der Waals surface area (Å²) in [6.07, 6.45) is 0.153. The number of nitrogens with two attached hydrogens (primary N) is 1. The maximum Gasteiger partial charge on any atom is 0.306 e. The third-order valence-corrected chi connectivity index (χ3v) is 2.94. The zero-order chi connectivity index (χ0) is 13.5. The summed E-state index contributed by atoms with van der Waals surface area (Å²) in [6.45, 7) is 0. The number of carbonyl (C=O) groups is 1. The fraction of sp³-hybridized carbons (Fsp3) is 0.333. The number of nitrogen functional groups attached to an aromatic ring is 1. The molecular weight excluding hydrogens is 260 g/mol. The van der Waals surface area contributed by atoms with Crippen LogP contribution in [0.3, 0.4) is 0 Å². The highest BCUT2D eigenvalue weighted by molar-refractivity contribution is 7.99. The Morgan fingerprint density at radius 3 is 2.94 bits per heavy atom. The van der Waals surface area contributed by atoms with Crippen molar-refractivity contribution in [2.75, 3.05) is 18.3 Å². The van der Waals surface area contributed by atoms with Crippen LogP contribution in [0.4, 0.5) is 11.5 Å². The Morgan fingerprint density at radius 1 is 1.67 bits per heavy atom.